The van der Waals surface area contributed by atoms with E-state index in [4.69, 9.17) is 9.84 Å². The van der Waals surface area contributed by atoms with Gasteiger partial charge in [0, 0.05) is 12.5 Å². The molecule has 3 N–H and O–H groups in total. The van der Waals surface area contributed by atoms with Crippen molar-refractivity contribution in [3.63, 3.8) is 0 Å². The third-order valence-electron chi connectivity index (χ3n) is 5.71. The molecule has 0 saturated heterocycles. The number of carboxylic acid groups (broad SMARTS) is 1. The van der Waals surface area contributed by atoms with Crippen molar-refractivity contribution < 1.29 is 24.2 Å². The fourth-order valence-electron chi connectivity index (χ4n) is 4.04. The van der Waals surface area contributed by atoms with Crippen LogP contribution in [0.15, 0.2) is 72.8 Å². The number of aromatic carboxylic acids is 1. The Bertz CT molecular complexity index is 1160. The van der Waals surface area contributed by atoms with Crippen LogP contribution in [0.4, 0.5) is 4.79 Å². The lowest BCUT2D eigenvalue weighted by Crippen LogP contribution is -2.45. The lowest BCUT2D eigenvalue weighted by molar-refractivity contribution is -0.122. The van der Waals surface area contributed by atoms with Gasteiger partial charge < -0.3 is 20.5 Å². The molecule has 1 atom stereocenters. The van der Waals surface area contributed by atoms with Crippen molar-refractivity contribution in [2.75, 3.05) is 6.61 Å². The number of amides is 2. The molecule has 0 bridgehead atoms. The second-order valence-corrected chi connectivity index (χ2v) is 7.91. The van der Waals surface area contributed by atoms with E-state index in [1.54, 1.807) is 19.1 Å². The fraction of sp³-hybridized carbons (Fsp3) is 0.192. The second kappa shape index (κ2) is 9.56. The molecule has 7 nitrogen and oxygen atoms in total. The number of hydrogen-bond acceptors (Lipinski definition) is 4. The third kappa shape index (κ3) is 4.87. The van der Waals surface area contributed by atoms with Gasteiger partial charge >= 0.3 is 12.1 Å². The number of rotatable bonds is 7. The predicted octanol–water partition coefficient (Wildman–Crippen LogP) is 3.93. The van der Waals surface area contributed by atoms with Crippen LogP contribution in [-0.4, -0.2) is 35.7 Å². The summed E-state index contributed by atoms with van der Waals surface area (Å²) in [7, 11) is 0. The minimum atomic E-state index is -1.03. The van der Waals surface area contributed by atoms with Gasteiger partial charge in [-0.1, -0.05) is 60.7 Å². The van der Waals surface area contributed by atoms with Crippen LogP contribution in [0.5, 0.6) is 0 Å². The molecule has 1 aliphatic carbocycles. The molecule has 0 saturated carbocycles. The molecule has 0 aliphatic heterocycles. The molecule has 7 heteroatoms. The number of carboxylic acids is 1. The molecule has 1 aliphatic rings. The van der Waals surface area contributed by atoms with Crippen molar-refractivity contribution in [2.24, 2.45) is 0 Å². The molecule has 168 valence electrons. The summed E-state index contributed by atoms with van der Waals surface area (Å²) in [4.78, 5) is 35.8. The van der Waals surface area contributed by atoms with Crippen LogP contribution in [0.1, 0.15) is 39.9 Å². The Morgan fingerprint density at radius 3 is 2.21 bits per heavy atom. The highest BCUT2D eigenvalue weighted by Gasteiger charge is 2.29. The van der Waals surface area contributed by atoms with Gasteiger partial charge in [-0.15, -0.1) is 0 Å². The van der Waals surface area contributed by atoms with E-state index in [0.717, 1.165) is 22.3 Å². The summed E-state index contributed by atoms with van der Waals surface area (Å²) < 4.78 is 5.47. The zero-order chi connectivity index (χ0) is 23.4. The van der Waals surface area contributed by atoms with E-state index >= 15 is 0 Å². The summed E-state index contributed by atoms with van der Waals surface area (Å²) in [5, 5.41) is 14.3. The van der Waals surface area contributed by atoms with Crippen molar-refractivity contribution in [1.82, 2.24) is 10.6 Å². The number of benzene rings is 3. The summed E-state index contributed by atoms with van der Waals surface area (Å²) in [5.41, 5.74) is 5.30. The minimum Gasteiger partial charge on any atom is -0.478 e. The van der Waals surface area contributed by atoms with E-state index in [-0.39, 0.29) is 24.6 Å². The number of ether oxygens (including phenoxy) is 1. The van der Waals surface area contributed by atoms with Gasteiger partial charge in [-0.25, -0.2) is 9.59 Å². The minimum absolute atomic E-state index is 0.0613. The van der Waals surface area contributed by atoms with E-state index in [1.165, 1.54) is 12.1 Å². The Balaban J connectivity index is 1.30. The number of alkyl carbamates (subject to hydrolysis) is 1. The molecule has 4 rings (SSSR count). The lowest BCUT2D eigenvalue weighted by atomic mass is 9.98. The maximum atomic E-state index is 12.4. The van der Waals surface area contributed by atoms with Crippen molar-refractivity contribution in [2.45, 2.75) is 25.4 Å². The first-order chi connectivity index (χ1) is 15.9. The lowest BCUT2D eigenvalue weighted by Gasteiger charge is -2.17. The number of carbonyl (C=O) groups is 3. The molecule has 3 aromatic rings. The van der Waals surface area contributed by atoms with E-state index in [9.17, 15) is 14.4 Å². The molecule has 1 unspecified atom stereocenters. The van der Waals surface area contributed by atoms with Crippen molar-refractivity contribution in [3.05, 3.63) is 95.1 Å². The van der Waals surface area contributed by atoms with Gasteiger partial charge in [0.2, 0.25) is 5.91 Å². The Morgan fingerprint density at radius 2 is 1.58 bits per heavy atom. The fourth-order valence-corrected chi connectivity index (χ4v) is 4.04. The smallest absolute Gasteiger partial charge is 0.407 e. The second-order valence-electron chi connectivity index (χ2n) is 7.91. The van der Waals surface area contributed by atoms with Gasteiger partial charge in [-0.2, -0.15) is 0 Å². The number of fused-ring (bicyclic) bond motifs is 3. The predicted molar refractivity (Wildman–Crippen MR) is 123 cm³/mol. The van der Waals surface area contributed by atoms with Crippen LogP contribution in [-0.2, 0) is 16.1 Å². The summed E-state index contributed by atoms with van der Waals surface area (Å²) >= 11 is 0. The van der Waals surface area contributed by atoms with E-state index < -0.39 is 24.0 Å². The normalized spacial score (nSPS) is 12.9. The van der Waals surface area contributed by atoms with Crippen LogP contribution in [0.3, 0.4) is 0 Å². The van der Waals surface area contributed by atoms with Crippen molar-refractivity contribution in [1.29, 1.82) is 0 Å². The maximum absolute atomic E-state index is 12.4. The van der Waals surface area contributed by atoms with E-state index in [0.29, 0.717) is 5.56 Å². The van der Waals surface area contributed by atoms with Gasteiger partial charge in [0.15, 0.2) is 0 Å². The van der Waals surface area contributed by atoms with Gasteiger partial charge in [0.05, 0.1) is 5.56 Å². The molecule has 2 amide bonds. The monoisotopic (exact) mass is 444 g/mol. The van der Waals surface area contributed by atoms with Gasteiger partial charge in [0.1, 0.15) is 12.6 Å². The quantitative estimate of drug-likeness (QED) is 0.512. The first-order valence-electron chi connectivity index (χ1n) is 10.7. The van der Waals surface area contributed by atoms with Crippen LogP contribution >= 0.6 is 0 Å². The van der Waals surface area contributed by atoms with E-state index in [1.807, 2.05) is 36.4 Å². The van der Waals surface area contributed by atoms with Gasteiger partial charge in [-0.05, 0) is 46.9 Å². The van der Waals surface area contributed by atoms with Crippen molar-refractivity contribution in [3.8, 4) is 11.1 Å². The molecule has 0 spiro atoms. The highest BCUT2D eigenvalue weighted by Crippen LogP contribution is 2.44. The first kappa shape index (κ1) is 22.1. The van der Waals surface area contributed by atoms with Gasteiger partial charge in [-0.3, -0.25) is 4.79 Å². The molecule has 0 heterocycles. The maximum Gasteiger partial charge on any atom is 0.407 e. The largest absolute Gasteiger partial charge is 0.478 e. The zero-order valence-electron chi connectivity index (χ0n) is 18.1. The van der Waals surface area contributed by atoms with Crippen LogP contribution < -0.4 is 10.6 Å². The van der Waals surface area contributed by atoms with Crippen LogP contribution in [0.2, 0.25) is 0 Å². The molecule has 0 aromatic heterocycles. The number of carbonyl (C=O) groups excluding carboxylic acids is 2. The molecule has 3 aromatic carbocycles. The molecule has 0 radical (unpaired) electrons. The van der Waals surface area contributed by atoms with Crippen molar-refractivity contribution >= 4 is 18.0 Å². The Morgan fingerprint density at radius 1 is 0.939 bits per heavy atom. The molecular weight excluding hydrogens is 420 g/mol. The first-order valence-corrected chi connectivity index (χ1v) is 10.7. The summed E-state index contributed by atoms with van der Waals surface area (Å²) in [6, 6.07) is 21.6. The average Bonchev–Trinajstić information content (AvgIpc) is 3.15. The van der Waals surface area contributed by atoms with E-state index in [2.05, 4.69) is 22.8 Å². The Kier molecular flexibility index (Phi) is 6.40. The number of nitrogens with one attached hydrogen (secondary N) is 2. The zero-order valence-corrected chi connectivity index (χ0v) is 18.1. The molecule has 33 heavy (non-hydrogen) atoms. The Hall–Kier alpha value is -4.13. The summed E-state index contributed by atoms with van der Waals surface area (Å²) in [5.74, 6) is -1.49. The van der Waals surface area contributed by atoms with Gasteiger partial charge in [0.25, 0.3) is 0 Å². The SMILES string of the molecule is CC(NC(=O)OCC1c2ccccc2-c2ccccc21)C(=O)NCc1cccc(C(=O)O)c1. The number of hydrogen-bond donors (Lipinski definition) is 3. The topological polar surface area (TPSA) is 105 Å². The molecular formula is C26H24N2O5. The Labute approximate surface area is 191 Å². The summed E-state index contributed by atoms with van der Waals surface area (Å²) in [6.45, 7) is 1.87. The highest BCUT2D eigenvalue weighted by molar-refractivity contribution is 5.88. The average molecular weight is 444 g/mol. The third-order valence-corrected chi connectivity index (χ3v) is 5.71. The summed E-state index contributed by atoms with van der Waals surface area (Å²) in [6.07, 6.45) is -0.674. The highest BCUT2D eigenvalue weighted by atomic mass is 16.5. The standard InChI is InChI=1S/C26H24N2O5/c1-16(24(29)27-14-17-7-6-8-18(13-17)25(30)31)28-26(32)33-15-23-21-11-4-2-9-19(21)20-10-3-5-12-22(20)23/h2-13,16,23H,14-15H2,1H3,(H,27,29)(H,28,32)(H,30,31). The van der Waals surface area contributed by atoms with Crippen LogP contribution in [0.25, 0.3) is 11.1 Å². The molecule has 0 fully saturated rings. The van der Waals surface area contributed by atoms with Crippen LogP contribution in [0, 0.1) is 0 Å².